The number of pyridine rings is 1. The number of hydrogen-bond donors (Lipinski definition) is 2. The van der Waals surface area contributed by atoms with Gasteiger partial charge in [-0.3, -0.25) is 9.59 Å². The molecule has 0 saturated heterocycles. The number of carbonyl (C=O) groups is 2. The molecular weight excluding hydrogens is 260 g/mol. The molecule has 100 valence electrons. The van der Waals surface area contributed by atoms with E-state index in [1.807, 2.05) is 6.07 Å². The van der Waals surface area contributed by atoms with Crippen LogP contribution in [0, 0.1) is 11.3 Å². The average Bonchev–Trinajstić information content (AvgIpc) is 2.44. The van der Waals surface area contributed by atoms with Crippen molar-refractivity contribution in [3.8, 4) is 11.8 Å². The summed E-state index contributed by atoms with van der Waals surface area (Å²) in [5.74, 6) is -2.21. The van der Waals surface area contributed by atoms with Gasteiger partial charge < -0.3 is 10.2 Å². The van der Waals surface area contributed by atoms with Gasteiger partial charge in [0.1, 0.15) is 17.3 Å². The highest BCUT2D eigenvalue weighted by molar-refractivity contribution is 6.02. The van der Waals surface area contributed by atoms with E-state index in [0.29, 0.717) is 10.9 Å². The molecule has 1 aromatic heterocycles. The van der Waals surface area contributed by atoms with Crippen LogP contribution in [0.5, 0.6) is 5.75 Å². The first-order valence-electron chi connectivity index (χ1n) is 5.81. The van der Waals surface area contributed by atoms with Crippen molar-refractivity contribution in [2.24, 2.45) is 0 Å². The Morgan fingerprint density at radius 3 is 2.60 bits per heavy atom. The quantitative estimate of drug-likeness (QED) is 0.820. The summed E-state index contributed by atoms with van der Waals surface area (Å²) < 4.78 is 0. The SMILES string of the molecule is N#Cc1c(O)c(C(=O)CCC(=O)O)nc2ccccc12. The number of benzene rings is 1. The van der Waals surface area contributed by atoms with E-state index in [-0.39, 0.29) is 24.1 Å². The molecule has 1 aromatic carbocycles. The van der Waals surface area contributed by atoms with Crippen LogP contribution in [0.3, 0.4) is 0 Å². The predicted octanol–water partition coefficient (Wildman–Crippen LogP) is 1.86. The predicted molar refractivity (Wildman–Crippen MR) is 69.3 cm³/mol. The number of ketones is 1. The van der Waals surface area contributed by atoms with Gasteiger partial charge in [0, 0.05) is 11.8 Å². The molecule has 6 heteroatoms. The number of carboxylic acids is 1. The van der Waals surface area contributed by atoms with E-state index in [1.54, 1.807) is 24.3 Å². The lowest BCUT2D eigenvalue weighted by atomic mass is 10.0. The van der Waals surface area contributed by atoms with Crippen molar-refractivity contribution in [1.29, 1.82) is 5.26 Å². The number of aromatic nitrogens is 1. The Morgan fingerprint density at radius 1 is 1.25 bits per heavy atom. The van der Waals surface area contributed by atoms with Crippen molar-refractivity contribution in [3.05, 3.63) is 35.5 Å². The van der Waals surface area contributed by atoms with Gasteiger partial charge >= 0.3 is 5.97 Å². The minimum Gasteiger partial charge on any atom is -0.504 e. The smallest absolute Gasteiger partial charge is 0.303 e. The van der Waals surface area contributed by atoms with E-state index in [4.69, 9.17) is 10.4 Å². The molecule has 2 aromatic rings. The first-order chi connectivity index (χ1) is 9.54. The maximum Gasteiger partial charge on any atom is 0.303 e. The van der Waals surface area contributed by atoms with E-state index in [9.17, 15) is 14.7 Å². The van der Waals surface area contributed by atoms with Gasteiger partial charge in [-0.05, 0) is 6.07 Å². The van der Waals surface area contributed by atoms with Crippen molar-refractivity contribution in [1.82, 2.24) is 4.98 Å². The number of aromatic hydroxyl groups is 1. The van der Waals surface area contributed by atoms with Crippen LogP contribution in [0.2, 0.25) is 0 Å². The third kappa shape index (κ3) is 2.42. The van der Waals surface area contributed by atoms with Gasteiger partial charge in [0.2, 0.25) is 0 Å². The molecule has 0 bridgehead atoms. The number of nitrogens with zero attached hydrogens (tertiary/aromatic N) is 2. The van der Waals surface area contributed by atoms with Crippen LogP contribution in [0.4, 0.5) is 0 Å². The van der Waals surface area contributed by atoms with Crippen molar-refractivity contribution in [2.75, 3.05) is 0 Å². The van der Waals surface area contributed by atoms with E-state index < -0.39 is 17.5 Å². The fraction of sp³-hybridized carbons (Fsp3) is 0.143. The Kier molecular flexibility index (Phi) is 3.62. The van der Waals surface area contributed by atoms with Crippen LogP contribution in [0.15, 0.2) is 24.3 Å². The molecule has 1 heterocycles. The summed E-state index contributed by atoms with van der Waals surface area (Å²) >= 11 is 0. The maximum atomic E-state index is 11.9. The van der Waals surface area contributed by atoms with Gasteiger partial charge in [0.05, 0.1) is 11.9 Å². The minimum atomic E-state index is -1.11. The van der Waals surface area contributed by atoms with Gasteiger partial charge in [-0.2, -0.15) is 5.26 Å². The van der Waals surface area contributed by atoms with Crippen molar-refractivity contribution in [3.63, 3.8) is 0 Å². The average molecular weight is 270 g/mol. The molecule has 0 aliphatic rings. The van der Waals surface area contributed by atoms with Crippen molar-refractivity contribution >= 4 is 22.7 Å². The number of carbonyl (C=O) groups excluding carboxylic acids is 1. The molecule has 0 amide bonds. The number of rotatable bonds is 4. The molecular formula is C14H10N2O4. The van der Waals surface area contributed by atoms with Crippen molar-refractivity contribution in [2.45, 2.75) is 12.8 Å². The minimum absolute atomic E-state index is 0.0331. The Morgan fingerprint density at radius 2 is 1.95 bits per heavy atom. The lowest BCUT2D eigenvalue weighted by molar-refractivity contribution is -0.136. The van der Waals surface area contributed by atoms with Crippen LogP contribution in [0.1, 0.15) is 28.9 Å². The summed E-state index contributed by atoms with van der Waals surface area (Å²) in [7, 11) is 0. The fourth-order valence-electron chi connectivity index (χ4n) is 1.85. The second-order valence-electron chi connectivity index (χ2n) is 4.13. The lowest BCUT2D eigenvalue weighted by Crippen LogP contribution is -2.07. The van der Waals surface area contributed by atoms with Crippen LogP contribution in [0.25, 0.3) is 10.9 Å². The molecule has 2 rings (SSSR count). The Bertz CT molecular complexity index is 747. The standard InChI is InChI=1S/C14H10N2O4/c15-7-9-8-3-1-2-4-10(8)16-13(14(9)20)11(17)5-6-12(18)19/h1-4,20H,5-6H2,(H,18,19). The molecule has 20 heavy (non-hydrogen) atoms. The third-order valence-corrected chi connectivity index (χ3v) is 2.81. The summed E-state index contributed by atoms with van der Waals surface area (Å²) in [4.78, 5) is 26.4. The number of para-hydroxylation sites is 1. The highest BCUT2D eigenvalue weighted by atomic mass is 16.4. The Labute approximate surface area is 113 Å². The maximum absolute atomic E-state index is 11.9. The first-order valence-corrected chi connectivity index (χ1v) is 5.81. The van der Waals surface area contributed by atoms with Crippen LogP contribution < -0.4 is 0 Å². The van der Waals surface area contributed by atoms with Gasteiger partial charge in [-0.1, -0.05) is 18.2 Å². The number of hydrogen-bond acceptors (Lipinski definition) is 5. The highest BCUT2D eigenvalue weighted by Gasteiger charge is 2.20. The number of carboxylic acid groups (broad SMARTS) is 1. The van der Waals surface area contributed by atoms with E-state index in [1.165, 1.54) is 0 Å². The zero-order valence-electron chi connectivity index (χ0n) is 10.3. The largest absolute Gasteiger partial charge is 0.504 e. The summed E-state index contributed by atoms with van der Waals surface area (Å²) in [5.41, 5.74) is 0.108. The van der Waals surface area contributed by atoms with E-state index >= 15 is 0 Å². The molecule has 6 nitrogen and oxygen atoms in total. The molecule has 0 spiro atoms. The molecule has 0 unspecified atom stereocenters. The molecule has 0 aliphatic carbocycles. The molecule has 0 radical (unpaired) electrons. The van der Waals surface area contributed by atoms with E-state index in [0.717, 1.165) is 0 Å². The van der Waals surface area contributed by atoms with Gasteiger partial charge in [-0.25, -0.2) is 4.98 Å². The molecule has 0 saturated carbocycles. The number of fused-ring (bicyclic) bond motifs is 1. The fourth-order valence-corrected chi connectivity index (χ4v) is 1.85. The number of nitriles is 1. The van der Waals surface area contributed by atoms with Crippen LogP contribution in [-0.2, 0) is 4.79 Å². The third-order valence-electron chi connectivity index (χ3n) is 2.81. The second kappa shape index (κ2) is 5.36. The normalized spacial score (nSPS) is 10.2. The number of aliphatic carboxylic acids is 1. The molecule has 0 atom stereocenters. The van der Waals surface area contributed by atoms with E-state index in [2.05, 4.69) is 4.98 Å². The molecule has 0 aliphatic heterocycles. The van der Waals surface area contributed by atoms with Gasteiger partial charge in [0.15, 0.2) is 11.5 Å². The van der Waals surface area contributed by atoms with Gasteiger partial charge in [0.25, 0.3) is 0 Å². The second-order valence-corrected chi connectivity index (χ2v) is 4.13. The summed E-state index contributed by atoms with van der Waals surface area (Å²) in [6.45, 7) is 0. The van der Waals surface area contributed by atoms with Crippen LogP contribution >= 0.6 is 0 Å². The Balaban J connectivity index is 2.54. The Hall–Kier alpha value is -2.94. The highest BCUT2D eigenvalue weighted by Crippen LogP contribution is 2.29. The lowest BCUT2D eigenvalue weighted by Gasteiger charge is -2.07. The summed E-state index contributed by atoms with van der Waals surface area (Å²) in [6.07, 6.45) is -0.631. The zero-order valence-corrected chi connectivity index (χ0v) is 10.3. The van der Waals surface area contributed by atoms with Gasteiger partial charge in [-0.15, -0.1) is 0 Å². The number of Topliss-reactive ketones (excluding diaryl/α,β-unsaturated/α-hetero) is 1. The molecule has 0 fully saturated rings. The first kappa shape index (κ1) is 13.5. The topological polar surface area (TPSA) is 111 Å². The monoisotopic (exact) mass is 270 g/mol. The van der Waals surface area contributed by atoms with Crippen LogP contribution in [-0.4, -0.2) is 26.9 Å². The molecule has 2 N–H and O–H groups in total. The summed E-state index contributed by atoms with van der Waals surface area (Å²) in [6, 6.07) is 8.46. The van der Waals surface area contributed by atoms with Crippen molar-refractivity contribution < 1.29 is 19.8 Å². The summed E-state index contributed by atoms with van der Waals surface area (Å²) in [5, 5.41) is 28.1. The zero-order chi connectivity index (χ0) is 14.7.